The van der Waals surface area contributed by atoms with Crippen LogP contribution >= 0.6 is 0 Å². The number of ether oxygens (including phenoxy) is 1. The third-order valence-corrected chi connectivity index (χ3v) is 6.83. The number of carbonyl (C=O) groups is 3. The Hall–Kier alpha value is -3.35. The molecule has 2 aliphatic rings. The number of nitrogens with one attached hydrogen (secondary N) is 2. The molecule has 0 saturated heterocycles. The van der Waals surface area contributed by atoms with Crippen LogP contribution in [0.3, 0.4) is 0 Å². The largest absolute Gasteiger partial charge is 0.481 e. The van der Waals surface area contributed by atoms with Crippen molar-refractivity contribution in [3.05, 3.63) is 59.7 Å². The molecule has 2 amide bonds. The normalized spacial score (nSPS) is 19.6. The van der Waals surface area contributed by atoms with E-state index in [1.54, 1.807) is 13.8 Å². The van der Waals surface area contributed by atoms with E-state index < -0.39 is 17.6 Å². The zero-order valence-corrected chi connectivity index (χ0v) is 19.7. The summed E-state index contributed by atoms with van der Waals surface area (Å²) in [5, 5.41) is 14.9. The first-order valence-electron chi connectivity index (χ1n) is 11.9. The van der Waals surface area contributed by atoms with Gasteiger partial charge in [0.1, 0.15) is 6.61 Å². The minimum Gasteiger partial charge on any atom is -0.481 e. The van der Waals surface area contributed by atoms with Crippen LogP contribution in [-0.2, 0) is 14.3 Å². The number of carbonyl (C=O) groups excluding carboxylic acids is 2. The number of aliphatic carboxylic acids is 1. The van der Waals surface area contributed by atoms with E-state index in [1.165, 1.54) is 11.1 Å². The second-order valence-electron chi connectivity index (χ2n) is 9.97. The molecule has 34 heavy (non-hydrogen) atoms. The minimum absolute atomic E-state index is 0.0200. The first kappa shape index (κ1) is 23.8. The summed E-state index contributed by atoms with van der Waals surface area (Å²) in [5.41, 5.74) is 3.84. The number of hydrogen-bond donors (Lipinski definition) is 3. The molecule has 0 unspecified atom stereocenters. The number of carboxylic acid groups (broad SMARTS) is 1. The second-order valence-corrected chi connectivity index (χ2v) is 9.97. The molecule has 7 heteroatoms. The van der Waals surface area contributed by atoms with Crippen molar-refractivity contribution in [3.63, 3.8) is 0 Å². The molecule has 2 aromatic rings. The van der Waals surface area contributed by atoms with Gasteiger partial charge in [0, 0.05) is 23.9 Å². The lowest BCUT2D eigenvalue weighted by Gasteiger charge is -2.29. The molecule has 2 aromatic carbocycles. The van der Waals surface area contributed by atoms with Crippen LogP contribution in [-0.4, -0.2) is 41.3 Å². The summed E-state index contributed by atoms with van der Waals surface area (Å²) in [5.74, 6) is -1.27. The van der Waals surface area contributed by atoms with Gasteiger partial charge in [-0.3, -0.25) is 9.59 Å². The van der Waals surface area contributed by atoms with Gasteiger partial charge in [-0.1, -0.05) is 48.5 Å². The van der Waals surface area contributed by atoms with Crippen LogP contribution in [0, 0.1) is 5.92 Å². The van der Waals surface area contributed by atoms with E-state index in [1.807, 2.05) is 24.3 Å². The highest BCUT2D eigenvalue weighted by Crippen LogP contribution is 2.44. The molecule has 0 spiro atoms. The fraction of sp³-hybridized carbons (Fsp3) is 0.444. The van der Waals surface area contributed by atoms with Gasteiger partial charge in [-0.05, 0) is 61.8 Å². The summed E-state index contributed by atoms with van der Waals surface area (Å²) in [7, 11) is 0. The van der Waals surface area contributed by atoms with E-state index >= 15 is 0 Å². The first-order valence-corrected chi connectivity index (χ1v) is 11.9. The summed E-state index contributed by atoms with van der Waals surface area (Å²) in [6.45, 7) is 3.79. The molecule has 0 atom stereocenters. The lowest BCUT2D eigenvalue weighted by Crippen LogP contribution is -2.49. The lowest BCUT2D eigenvalue weighted by atomic mass is 9.86. The Morgan fingerprint density at radius 1 is 0.941 bits per heavy atom. The maximum atomic E-state index is 12.6. The molecular formula is C27H32N2O5. The second kappa shape index (κ2) is 9.87. The highest BCUT2D eigenvalue weighted by molar-refractivity contribution is 5.80. The number of benzene rings is 2. The molecule has 180 valence electrons. The summed E-state index contributed by atoms with van der Waals surface area (Å²) in [4.78, 5) is 36.2. The molecule has 0 aromatic heterocycles. The van der Waals surface area contributed by atoms with Crippen LogP contribution in [0.5, 0.6) is 0 Å². The Morgan fingerprint density at radius 2 is 1.50 bits per heavy atom. The summed E-state index contributed by atoms with van der Waals surface area (Å²) >= 11 is 0. The van der Waals surface area contributed by atoms with Crippen LogP contribution in [0.25, 0.3) is 11.1 Å². The smallest absolute Gasteiger partial charge is 0.407 e. The first-order chi connectivity index (χ1) is 16.2. The maximum absolute atomic E-state index is 12.6. The number of hydrogen-bond acceptors (Lipinski definition) is 4. The number of carboxylic acids is 1. The average molecular weight is 465 g/mol. The van der Waals surface area contributed by atoms with Gasteiger partial charge >= 0.3 is 12.1 Å². The molecule has 1 fully saturated rings. The van der Waals surface area contributed by atoms with Gasteiger partial charge in [0.25, 0.3) is 0 Å². The van der Waals surface area contributed by atoms with Crippen molar-refractivity contribution in [2.75, 3.05) is 6.61 Å². The average Bonchev–Trinajstić information content (AvgIpc) is 3.11. The predicted octanol–water partition coefficient (Wildman–Crippen LogP) is 4.45. The Bertz CT molecular complexity index is 1030. The lowest BCUT2D eigenvalue weighted by molar-refractivity contribution is -0.142. The van der Waals surface area contributed by atoms with Crippen molar-refractivity contribution in [1.29, 1.82) is 0 Å². The van der Waals surface area contributed by atoms with Crippen molar-refractivity contribution in [2.45, 2.75) is 63.5 Å². The number of amides is 2. The third-order valence-electron chi connectivity index (χ3n) is 6.83. The molecule has 0 bridgehead atoms. The van der Waals surface area contributed by atoms with Crippen molar-refractivity contribution < 1.29 is 24.2 Å². The number of alkyl carbamates (subject to hydrolysis) is 1. The van der Waals surface area contributed by atoms with Crippen molar-refractivity contribution in [2.24, 2.45) is 5.92 Å². The molecular weight excluding hydrogens is 432 g/mol. The highest BCUT2D eigenvalue weighted by Gasteiger charge is 2.31. The number of fused-ring (bicyclic) bond motifs is 3. The van der Waals surface area contributed by atoms with Gasteiger partial charge < -0.3 is 20.5 Å². The zero-order valence-electron chi connectivity index (χ0n) is 19.7. The molecule has 2 aliphatic carbocycles. The Kier molecular flexibility index (Phi) is 6.91. The fourth-order valence-electron chi connectivity index (χ4n) is 5.12. The summed E-state index contributed by atoms with van der Waals surface area (Å²) in [6.07, 6.45) is 2.01. The van der Waals surface area contributed by atoms with Crippen LogP contribution in [0.15, 0.2) is 48.5 Å². The van der Waals surface area contributed by atoms with Gasteiger partial charge in [0.2, 0.25) is 5.91 Å². The highest BCUT2D eigenvalue weighted by atomic mass is 16.5. The fourth-order valence-corrected chi connectivity index (χ4v) is 5.12. The van der Waals surface area contributed by atoms with E-state index in [2.05, 4.69) is 34.9 Å². The van der Waals surface area contributed by atoms with E-state index in [0.717, 1.165) is 11.1 Å². The van der Waals surface area contributed by atoms with Crippen molar-refractivity contribution in [1.82, 2.24) is 10.6 Å². The van der Waals surface area contributed by atoms with Crippen LogP contribution in [0.1, 0.15) is 63.0 Å². The molecule has 0 aliphatic heterocycles. The van der Waals surface area contributed by atoms with Crippen molar-refractivity contribution >= 4 is 18.0 Å². The Morgan fingerprint density at radius 3 is 2.06 bits per heavy atom. The van der Waals surface area contributed by atoms with Crippen LogP contribution in [0.4, 0.5) is 4.79 Å². The molecule has 1 saturated carbocycles. The van der Waals surface area contributed by atoms with E-state index in [-0.39, 0.29) is 36.8 Å². The van der Waals surface area contributed by atoms with Crippen LogP contribution in [0.2, 0.25) is 0 Å². The maximum Gasteiger partial charge on any atom is 0.407 e. The number of rotatable bonds is 7. The van der Waals surface area contributed by atoms with Gasteiger partial charge in [0.15, 0.2) is 0 Å². The summed E-state index contributed by atoms with van der Waals surface area (Å²) in [6, 6.07) is 16.3. The van der Waals surface area contributed by atoms with Gasteiger partial charge in [-0.15, -0.1) is 0 Å². The van der Waals surface area contributed by atoms with E-state index in [4.69, 9.17) is 9.84 Å². The van der Waals surface area contributed by atoms with E-state index in [0.29, 0.717) is 25.7 Å². The molecule has 0 heterocycles. The standard InChI is InChI=1S/C27H32N2O5/c1-27(2,15-24(30)28-18-13-11-17(12-14-18)25(31)32)29-26(33)34-16-23-21-9-5-3-7-19(21)20-8-4-6-10-22(20)23/h3-10,17-18,23H,11-16H2,1-2H3,(H,28,30)(H,29,33)(H,31,32). The van der Waals surface area contributed by atoms with Crippen molar-refractivity contribution in [3.8, 4) is 11.1 Å². The monoisotopic (exact) mass is 464 g/mol. The predicted molar refractivity (Wildman–Crippen MR) is 128 cm³/mol. The quantitative estimate of drug-likeness (QED) is 0.561. The summed E-state index contributed by atoms with van der Waals surface area (Å²) < 4.78 is 5.60. The third kappa shape index (κ3) is 5.41. The topological polar surface area (TPSA) is 105 Å². The SMILES string of the molecule is CC(C)(CC(=O)NC1CCC(C(=O)O)CC1)NC(=O)OCC1c2ccccc2-c2ccccc21. The molecule has 4 rings (SSSR count). The van der Waals surface area contributed by atoms with Crippen LogP contribution < -0.4 is 10.6 Å². The van der Waals surface area contributed by atoms with Gasteiger partial charge in [0.05, 0.1) is 5.92 Å². The Labute approximate surface area is 199 Å². The molecule has 3 N–H and O–H groups in total. The molecule has 0 radical (unpaired) electrons. The van der Waals surface area contributed by atoms with Gasteiger partial charge in [-0.2, -0.15) is 0 Å². The zero-order chi connectivity index (χ0) is 24.3. The minimum atomic E-state index is -0.787. The molecule has 7 nitrogen and oxygen atoms in total. The van der Waals surface area contributed by atoms with Gasteiger partial charge in [-0.25, -0.2) is 4.79 Å². The Balaban J connectivity index is 1.27. The van der Waals surface area contributed by atoms with E-state index in [9.17, 15) is 14.4 Å².